The molecule has 2 N–H and O–H groups in total. The second-order valence-corrected chi connectivity index (χ2v) is 10.1. The molecule has 0 heterocycles. The summed E-state index contributed by atoms with van der Waals surface area (Å²) in [6.45, 7) is 6.51. The Morgan fingerprint density at radius 2 is 0.812 bits per heavy atom. The zero-order chi connectivity index (χ0) is 34.3. The number of carbonyl (C=O) groups is 2. The molecular formula is C36H52N2O10. The molecule has 0 unspecified atom stereocenters. The summed E-state index contributed by atoms with van der Waals surface area (Å²) in [6.07, 6.45) is 3.34. The van der Waals surface area contributed by atoms with Gasteiger partial charge in [-0.2, -0.15) is 0 Å². The van der Waals surface area contributed by atoms with Crippen molar-refractivity contribution in [2.24, 2.45) is 0 Å². The Morgan fingerprint density at radius 1 is 0.479 bits per heavy atom. The van der Waals surface area contributed by atoms with Gasteiger partial charge in [-0.25, -0.2) is 0 Å². The monoisotopic (exact) mass is 672 g/mol. The highest BCUT2D eigenvalue weighted by Gasteiger charge is 2.17. The summed E-state index contributed by atoms with van der Waals surface area (Å²) < 4.78 is 42.6. The molecule has 0 atom stereocenters. The van der Waals surface area contributed by atoms with E-state index in [0.29, 0.717) is 79.3 Å². The van der Waals surface area contributed by atoms with Crippen LogP contribution < -0.4 is 10.6 Å². The van der Waals surface area contributed by atoms with Crippen molar-refractivity contribution < 1.29 is 47.5 Å². The van der Waals surface area contributed by atoms with Crippen LogP contribution >= 0.6 is 0 Å². The Bertz CT molecular complexity index is 1080. The van der Waals surface area contributed by atoms with Crippen LogP contribution in [0.2, 0.25) is 0 Å². The van der Waals surface area contributed by atoms with Crippen LogP contribution in [0.4, 0.5) is 0 Å². The molecule has 2 rings (SSSR count). The molecule has 0 fully saturated rings. The molecule has 2 aromatic carbocycles. The highest BCUT2D eigenvalue weighted by atomic mass is 16.6. The van der Waals surface area contributed by atoms with Crippen LogP contribution in [0.25, 0.3) is 5.57 Å². The first kappa shape index (κ1) is 40.7. The van der Waals surface area contributed by atoms with E-state index >= 15 is 0 Å². The SMILES string of the molecule is COCCOCCOCCOCCNC(=O)C(=CC=C(c1ccccc1)c1ccccc1)C(=O)NCCOCCOCCOCCOC. The van der Waals surface area contributed by atoms with Crippen molar-refractivity contribution in [2.45, 2.75) is 0 Å². The van der Waals surface area contributed by atoms with Crippen LogP contribution in [-0.4, -0.2) is 132 Å². The Hall–Kier alpha value is -3.46. The third-order valence-electron chi connectivity index (χ3n) is 6.49. The van der Waals surface area contributed by atoms with Gasteiger partial charge in [-0.05, 0) is 22.8 Å². The Balaban J connectivity index is 1.90. The van der Waals surface area contributed by atoms with Crippen LogP contribution in [0.3, 0.4) is 0 Å². The predicted octanol–water partition coefficient (Wildman–Crippen LogP) is 2.67. The number of methoxy groups -OCH3 is 2. The quantitative estimate of drug-likeness (QED) is 0.0437. The van der Waals surface area contributed by atoms with Gasteiger partial charge in [0.1, 0.15) is 5.57 Å². The topological polar surface area (TPSA) is 132 Å². The molecule has 0 aliphatic carbocycles. The number of carbonyl (C=O) groups excluding carboxylic acids is 2. The maximum Gasteiger partial charge on any atom is 0.256 e. The minimum Gasteiger partial charge on any atom is -0.382 e. The molecule has 12 nitrogen and oxygen atoms in total. The lowest BCUT2D eigenvalue weighted by Gasteiger charge is -2.12. The molecule has 0 saturated carbocycles. The van der Waals surface area contributed by atoms with E-state index in [1.807, 2.05) is 60.7 Å². The predicted molar refractivity (Wildman–Crippen MR) is 183 cm³/mol. The molecule has 0 aliphatic heterocycles. The first-order chi connectivity index (χ1) is 23.7. The maximum absolute atomic E-state index is 13.2. The first-order valence-corrected chi connectivity index (χ1v) is 16.2. The molecule has 0 saturated heterocycles. The molecule has 0 aromatic heterocycles. The largest absolute Gasteiger partial charge is 0.382 e. The van der Waals surface area contributed by atoms with Crippen molar-refractivity contribution in [3.63, 3.8) is 0 Å². The maximum atomic E-state index is 13.2. The second-order valence-electron chi connectivity index (χ2n) is 10.1. The number of ether oxygens (including phenoxy) is 8. The molecule has 12 heteroatoms. The fourth-order valence-corrected chi connectivity index (χ4v) is 4.05. The number of nitrogens with one attached hydrogen (secondary N) is 2. The lowest BCUT2D eigenvalue weighted by Crippen LogP contribution is -2.37. The Labute approximate surface area is 284 Å². The van der Waals surface area contributed by atoms with Gasteiger partial charge in [0.2, 0.25) is 0 Å². The summed E-state index contributed by atoms with van der Waals surface area (Å²) in [5.41, 5.74) is 2.74. The Morgan fingerprint density at radius 3 is 1.17 bits per heavy atom. The molecule has 2 aromatic rings. The van der Waals surface area contributed by atoms with Crippen molar-refractivity contribution in [3.05, 3.63) is 89.5 Å². The van der Waals surface area contributed by atoms with Crippen molar-refractivity contribution in [1.29, 1.82) is 0 Å². The number of hydrogen-bond donors (Lipinski definition) is 2. The zero-order valence-corrected chi connectivity index (χ0v) is 28.3. The van der Waals surface area contributed by atoms with Crippen LogP contribution in [0, 0.1) is 0 Å². The molecule has 0 bridgehead atoms. The standard InChI is InChI=1S/C36H52N2O10/c1-41-19-21-45-27-29-47-25-23-43-17-15-37-35(39)34(36(40)38-16-18-44-24-26-48-30-28-46-22-20-42-2)14-13-33(31-9-5-3-6-10-31)32-11-7-4-8-12-32/h3-14H,15-30H2,1-2H3,(H,37,39)(H,38,40). The summed E-state index contributed by atoms with van der Waals surface area (Å²) in [4.78, 5) is 26.5. The minimum absolute atomic E-state index is 0.0343. The average Bonchev–Trinajstić information content (AvgIpc) is 3.11. The van der Waals surface area contributed by atoms with E-state index < -0.39 is 11.8 Å². The number of rotatable bonds is 29. The third kappa shape index (κ3) is 19.4. The summed E-state index contributed by atoms with van der Waals surface area (Å²) in [5, 5.41) is 5.57. The van der Waals surface area contributed by atoms with E-state index in [2.05, 4.69) is 10.6 Å². The summed E-state index contributed by atoms with van der Waals surface area (Å²) in [6, 6.07) is 19.6. The molecule has 2 amide bonds. The number of hydrogen-bond acceptors (Lipinski definition) is 10. The van der Waals surface area contributed by atoms with Gasteiger partial charge in [0.25, 0.3) is 11.8 Å². The molecule has 48 heavy (non-hydrogen) atoms. The zero-order valence-electron chi connectivity index (χ0n) is 28.3. The molecule has 0 aliphatic rings. The first-order valence-electron chi connectivity index (χ1n) is 16.2. The second kappa shape index (κ2) is 28.5. The normalized spacial score (nSPS) is 10.8. The number of allylic oxidation sites excluding steroid dienone is 2. The highest BCUT2D eigenvalue weighted by molar-refractivity contribution is 6.18. The molecule has 266 valence electrons. The van der Waals surface area contributed by atoms with E-state index in [1.165, 1.54) is 0 Å². The summed E-state index contributed by atoms with van der Waals surface area (Å²) >= 11 is 0. The van der Waals surface area contributed by atoms with Gasteiger partial charge < -0.3 is 48.5 Å². The summed E-state index contributed by atoms with van der Waals surface area (Å²) in [7, 11) is 3.25. The van der Waals surface area contributed by atoms with E-state index in [-0.39, 0.29) is 31.9 Å². The van der Waals surface area contributed by atoms with Gasteiger partial charge in [-0.3, -0.25) is 9.59 Å². The van der Waals surface area contributed by atoms with Crippen LogP contribution in [0.5, 0.6) is 0 Å². The number of amides is 2. The molecule has 0 radical (unpaired) electrons. The van der Waals surface area contributed by atoms with Crippen molar-refractivity contribution in [3.8, 4) is 0 Å². The van der Waals surface area contributed by atoms with Gasteiger partial charge in [0.05, 0.1) is 92.5 Å². The van der Waals surface area contributed by atoms with Crippen LogP contribution in [0.15, 0.2) is 78.4 Å². The lowest BCUT2D eigenvalue weighted by atomic mass is 9.97. The molecular weight excluding hydrogens is 620 g/mol. The van der Waals surface area contributed by atoms with Gasteiger partial charge in [0.15, 0.2) is 0 Å². The smallest absolute Gasteiger partial charge is 0.256 e. The Kier molecular flexibility index (Phi) is 24.2. The van der Waals surface area contributed by atoms with E-state index in [4.69, 9.17) is 37.9 Å². The molecule has 0 spiro atoms. The third-order valence-corrected chi connectivity index (χ3v) is 6.49. The van der Waals surface area contributed by atoms with E-state index in [1.54, 1.807) is 26.4 Å². The van der Waals surface area contributed by atoms with Crippen molar-refractivity contribution in [2.75, 3.05) is 120 Å². The number of benzene rings is 2. The fourth-order valence-electron chi connectivity index (χ4n) is 4.05. The van der Waals surface area contributed by atoms with Crippen molar-refractivity contribution in [1.82, 2.24) is 10.6 Å². The van der Waals surface area contributed by atoms with Crippen LogP contribution in [0.1, 0.15) is 11.1 Å². The van der Waals surface area contributed by atoms with E-state index in [0.717, 1.165) is 16.7 Å². The van der Waals surface area contributed by atoms with E-state index in [9.17, 15) is 9.59 Å². The van der Waals surface area contributed by atoms with Gasteiger partial charge in [0, 0.05) is 27.3 Å². The summed E-state index contributed by atoms with van der Waals surface area (Å²) in [5.74, 6) is -1.03. The highest BCUT2D eigenvalue weighted by Crippen LogP contribution is 2.23. The van der Waals surface area contributed by atoms with Gasteiger partial charge in [-0.15, -0.1) is 0 Å². The van der Waals surface area contributed by atoms with Crippen LogP contribution in [-0.2, 0) is 47.5 Å². The lowest BCUT2D eigenvalue weighted by molar-refractivity contribution is -0.123. The fraction of sp³-hybridized carbons (Fsp3) is 0.500. The van der Waals surface area contributed by atoms with Gasteiger partial charge in [-0.1, -0.05) is 66.7 Å². The van der Waals surface area contributed by atoms with Gasteiger partial charge >= 0.3 is 0 Å². The minimum atomic E-state index is -0.515. The van der Waals surface area contributed by atoms with Crippen molar-refractivity contribution >= 4 is 17.4 Å². The average molecular weight is 673 g/mol.